The Bertz CT molecular complexity index is 1300. The first kappa shape index (κ1) is 19.5. The summed E-state index contributed by atoms with van der Waals surface area (Å²) in [7, 11) is 0. The molecule has 1 fully saturated rings. The van der Waals surface area contributed by atoms with Gasteiger partial charge in [-0.15, -0.1) is 0 Å². The van der Waals surface area contributed by atoms with Gasteiger partial charge in [0.2, 0.25) is 11.8 Å². The Hall–Kier alpha value is -3.20. The van der Waals surface area contributed by atoms with Crippen molar-refractivity contribution in [2.45, 2.75) is 45.4 Å². The number of aryl methyl sites for hydroxylation is 2. The molecule has 7 rings (SSSR count). The summed E-state index contributed by atoms with van der Waals surface area (Å²) in [6.45, 7) is 8.42. The number of nitrogens with zero attached hydrogens (tertiary/aromatic N) is 1. The smallest absolute Gasteiger partial charge is 0.238 e. The van der Waals surface area contributed by atoms with E-state index in [0.717, 1.165) is 16.8 Å². The average Bonchev–Trinajstić information content (AvgIpc) is 3.04. The molecular weight excluding hydrogens is 394 g/mol. The van der Waals surface area contributed by atoms with Crippen LogP contribution in [0.3, 0.4) is 0 Å². The second kappa shape index (κ2) is 6.65. The van der Waals surface area contributed by atoms with Gasteiger partial charge in [0, 0.05) is 11.8 Å². The number of benzene rings is 3. The lowest BCUT2D eigenvalue weighted by Crippen LogP contribution is -2.41. The van der Waals surface area contributed by atoms with Gasteiger partial charge in [-0.3, -0.25) is 9.59 Å². The maximum atomic E-state index is 13.9. The van der Waals surface area contributed by atoms with Gasteiger partial charge in [0.05, 0.1) is 17.5 Å². The van der Waals surface area contributed by atoms with Crippen molar-refractivity contribution in [3.05, 3.63) is 99.6 Å². The van der Waals surface area contributed by atoms with Crippen molar-refractivity contribution in [1.29, 1.82) is 0 Å². The first-order chi connectivity index (χ1) is 15.4. The molecule has 0 saturated carbocycles. The minimum Gasteiger partial charge on any atom is -0.274 e. The summed E-state index contributed by atoms with van der Waals surface area (Å²) in [5, 5.41) is 0. The lowest BCUT2D eigenvalue weighted by Gasteiger charge is -2.46. The molecule has 1 heterocycles. The van der Waals surface area contributed by atoms with E-state index in [9.17, 15) is 9.59 Å². The molecule has 3 aliphatic carbocycles. The number of hydrogen-bond acceptors (Lipinski definition) is 2. The van der Waals surface area contributed by atoms with Crippen LogP contribution in [0.4, 0.5) is 5.69 Å². The molecule has 3 aromatic carbocycles. The monoisotopic (exact) mass is 421 g/mol. The Kier molecular flexibility index (Phi) is 4.05. The number of amides is 2. The Morgan fingerprint density at radius 3 is 1.91 bits per heavy atom. The predicted octanol–water partition coefficient (Wildman–Crippen LogP) is 5.82. The van der Waals surface area contributed by atoms with Gasteiger partial charge < -0.3 is 0 Å². The highest BCUT2D eigenvalue weighted by Gasteiger charge is 2.61. The molecule has 4 unspecified atom stereocenters. The highest BCUT2D eigenvalue weighted by Crippen LogP contribution is 2.61. The predicted molar refractivity (Wildman–Crippen MR) is 126 cm³/mol. The van der Waals surface area contributed by atoms with E-state index in [1.54, 1.807) is 0 Å². The molecule has 0 aromatic heterocycles. The molecule has 0 radical (unpaired) electrons. The summed E-state index contributed by atoms with van der Waals surface area (Å²) in [5.41, 5.74) is 9.01. The Morgan fingerprint density at radius 2 is 1.31 bits per heavy atom. The van der Waals surface area contributed by atoms with Crippen LogP contribution in [0.15, 0.2) is 60.7 Å². The molecule has 0 spiro atoms. The minimum absolute atomic E-state index is 0.0444. The van der Waals surface area contributed by atoms with Crippen molar-refractivity contribution in [3.8, 4) is 0 Å². The third-order valence-corrected chi connectivity index (χ3v) is 7.82. The van der Waals surface area contributed by atoms with Gasteiger partial charge in [0.15, 0.2) is 0 Å². The van der Waals surface area contributed by atoms with Crippen LogP contribution in [0.2, 0.25) is 0 Å². The van der Waals surface area contributed by atoms with Crippen molar-refractivity contribution in [1.82, 2.24) is 0 Å². The zero-order valence-corrected chi connectivity index (χ0v) is 18.9. The fraction of sp³-hybridized carbons (Fsp3) is 0.310. The molecule has 3 nitrogen and oxygen atoms in total. The first-order valence-corrected chi connectivity index (χ1v) is 11.6. The van der Waals surface area contributed by atoms with Crippen molar-refractivity contribution in [2.24, 2.45) is 11.8 Å². The van der Waals surface area contributed by atoms with Gasteiger partial charge >= 0.3 is 0 Å². The van der Waals surface area contributed by atoms with Gasteiger partial charge in [0.25, 0.3) is 0 Å². The van der Waals surface area contributed by atoms with Crippen LogP contribution in [0, 0.1) is 25.7 Å². The highest BCUT2D eigenvalue weighted by atomic mass is 16.2. The maximum absolute atomic E-state index is 13.9. The molecule has 1 saturated heterocycles. The van der Waals surface area contributed by atoms with Crippen LogP contribution in [-0.2, 0) is 9.59 Å². The molecular formula is C29H27NO2. The van der Waals surface area contributed by atoms with Crippen molar-refractivity contribution < 1.29 is 9.59 Å². The SMILES string of the molecule is Cc1ccc(N2C(=O)C3C4c5ccccc5C(c5cc(C(C)C)ccc54)C3C2=O)c(C)c1. The summed E-state index contributed by atoms with van der Waals surface area (Å²) >= 11 is 0. The van der Waals surface area contributed by atoms with Crippen molar-refractivity contribution >= 4 is 17.5 Å². The fourth-order valence-corrected chi connectivity index (χ4v) is 6.40. The van der Waals surface area contributed by atoms with Gasteiger partial charge in [-0.25, -0.2) is 4.90 Å². The Morgan fingerprint density at radius 1 is 0.719 bits per heavy atom. The average molecular weight is 422 g/mol. The first-order valence-electron chi connectivity index (χ1n) is 11.6. The van der Waals surface area contributed by atoms with Crippen LogP contribution in [-0.4, -0.2) is 11.8 Å². The molecule has 3 aromatic rings. The summed E-state index contributed by atoms with van der Waals surface area (Å²) < 4.78 is 0. The number of carbonyl (C=O) groups is 2. The highest BCUT2D eigenvalue weighted by molar-refractivity contribution is 6.23. The summed E-state index contributed by atoms with van der Waals surface area (Å²) in [4.78, 5) is 29.3. The van der Waals surface area contributed by atoms with Gasteiger partial charge in [0.1, 0.15) is 0 Å². The summed E-state index contributed by atoms with van der Waals surface area (Å²) in [6, 6.07) is 21.1. The van der Waals surface area contributed by atoms with E-state index in [-0.39, 0.29) is 35.5 Å². The fourth-order valence-electron chi connectivity index (χ4n) is 6.40. The number of carbonyl (C=O) groups excluding carboxylic acids is 2. The van der Waals surface area contributed by atoms with E-state index >= 15 is 0 Å². The Balaban J connectivity index is 1.56. The number of anilines is 1. The van der Waals surface area contributed by atoms with Gasteiger partial charge in [-0.1, -0.05) is 74.0 Å². The van der Waals surface area contributed by atoms with Crippen LogP contribution >= 0.6 is 0 Å². The number of imide groups is 1. The third kappa shape index (κ3) is 2.42. The molecule has 1 aliphatic heterocycles. The third-order valence-electron chi connectivity index (χ3n) is 7.82. The molecule has 2 amide bonds. The maximum Gasteiger partial charge on any atom is 0.238 e. The zero-order chi connectivity index (χ0) is 22.3. The molecule has 4 aliphatic rings. The Labute approximate surface area is 189 Å². The topological polar surface area (TPSA) is 37.4 Å². The molecule has 4 atom stereocenters. The molecule has 160 valence electrons. The molecule has 2 bridgehead atoms. The lowest BCUT2D eigenvalue weighted by molar-refractivity contribution is -0.122. The van der Waals surface area contributed by atoms with E-state index < -0.39 is 0 Å². The molecule has 32 heavy (non-hydrogen) atoms. The van der Waals surface area contributed by atoms with Gasteiger partial charge in [-0.2, -0.15) is 0 Å². The van der Waals surface area contributed by atoms with Crippen LogP contribution in [0.25, 0.3) is 0 Å². The number of rotatable bonds is 2. The van der Waals surface area contributed by atoms with Crippen LogP contribution < -0.4 is 4.90 Å². The van der Waals surface area contributed by atoms with Crippen LogP contribution in [0.1, 0.15) is 70.5 Å². The minimum atomic E-state index is -0.335. The van der Waals surface area contributed by atoms with Gasteiger partial charge in [-0.05, 0) is 59.2 Å². The lowest BCUT2D eigenvalue weighted by atomic mass is 9.54. The normalized spacial score (nSPS) is 25.2. The second-order valence-electron chi connectivity index (χ2n) is 9.98. The molecule has 3 heteroatoms. The molecule has 0 N–H and O–H groups in total. The standard InChI is InChI=1S/C29H27NO2/c1-15(2)18-10-11-21-22(14-18)25-20-8-6-5-7-19(20)24(21)26-27(25)29(32)30(28(26)31)23-12-9-16(3)13-17(23)4/h5-15,24-27H,1-4H3. The van der Waals surface area contributed by atoms with E-state index in [2.05, 4.69) is 56.3 Å². The zero-order valence-electron chi connectivity index (χ0n) is 18.9. The quantitative estimate of drug-likeness (QED) is 0.489. The number of hydrogen-bond donors (Lipinski definition) is 0. The van der Waals surface area contributed by atoms with Crippen LogP contribution in [0.5, 0.6) is 0 Å². The van der Waals surface area contributed by atoms with Crippen molar-refractivity contribution in [3.63, 3.8) is 0 Å². The second-order valence-corrected chi connectivity index (χ2v) is 9.98. The van der Waals surface area contributed by atoms with E-state index in [1.807, 2.05) is 32.0 Å². The summed E-state index contributed by atoms with van der Waals surface area (Å²) in [6.07, 6.45) is 0. The summed E-state index contributed by atoms with van der Waals surface area (Å²) in [5.74, 6) is -0.475. The van der Waals surface area contributed by atoms with E-state index in [0.29, 0.717) is 5.92 Å². The van der Waals surface area contributed by atoms with E-state index in [4.69, 9.17) is 0 Å². The van der Waals surface area contributed by atoms with Crippen molar-refractivity contribution in [2.75, 3.05) is 4.90 Å². The van der Waals surface area contributed by atoms with E-state index in [1.165, 1.54) is 32.7 Å². The largest absolute Gasteiger partial charge is 0.274 e.